The third-order valence-corrected chi connectivity index (χ3v) is 2.80. The van der Waals surface area contributed by atoms with Gasteiger partial charge in [0.05, 0.1) is 25.9 Å². The molecule has 18 heavy (non-hydrogen) atoms. The Morgan fingerprint density at radius 1 is 1.39 bits per heavy atom. The van der Waals surface area contributed by atoms with Crippen molar-refractivity contribution in [1.82, 2.24) is 4.90 Å². The highest BCUT2D eigenvalue weighted by Gasteiger charge is 2.22. The quantitative estimate of drug-likeness (QED) is 0.568. The fourth-order valence-corrected chi connectivity index (χ4v) is 1.71. The Kier molecular flexibility index (Phi) is 9.92. The van der Waals surface area contributed by atoms with Gasteiger partial charge in [-0.2, -0.15) is 0 Å². The normalized spacial score (nSPS) is 12.8. The van der Waals surface area contributed by atoms with E-state index in [9.17, 15) is 4.79 Å². The summed E-state index contributed by atoms with van der Waals surface area (Å²) in [6.07, 6.45) is 2.75. The number of hydrogen-bond acceptors (Lipinski definition) is 4. The van der Waals surface area contributed by atoms with Crippen LogP contribution in [0.15, 0.2) is 0 Å². The number of ether oxygens (including phenoxy) is 1. The lowest BCUT2D eigenvalue weighted by molar-refractivity contribution is -0.135. The monoisotopic (exact) mass is 260 g/mol. The number of aliphatic hydroxyl groups is 1. The lowest BCUT2D eigenvalue weighted by Gasteiger charge is -2.29. The van der Waals surface area contributed by atoms with Crippen LogP contribution in [0.25, 0.3) is 0 Å². The van der Waals surface area contributed by atoms with Crippen LogP contribution in [0.1, 0.15) is 40.0 Å². The van der Waals surface area contributed by atoms with Crippen LogP contribution >= 0.6 is 0 Å². The van der Waals surface area contributed by atoms with Crippen molar-refractivity contribution in [3.8, 4) is 0 Å². The Morgan fingerprint density at radius 2 is 2.06 bits per heavy atom. The molecule has 1 atom stereocenters. The van der Waals surface area contributed by atoms with E-state index in [0.717, 1.165) is 19.3 Å². The molecule has 0 radical (unpaired) electrons. The Balaban J connectivity index is 4.18. The van der Waals surface area contributed by atoms with E-state index in [1.165, 1.54) is 0 Å². The average Bonchev–Trinajstić information content (AvgIpc) is 2.34. The number of carbonyl (C=O) groups is 1. The van der Waals surface area contributed by atoms with Crippen LogP contribution in [-0.4, -0.2) is 54.4 Å². The van der Waals surface area contributed by atoms with E-state index in [0.29, 0.717) is 19.8 Å². The number of rotatable bonds is 10. The van der Waals surface area contributed by atoms with E-state index in [1.54, 1.807) is 4.90 Å². The number of unbranched alkanes of at least 4 members (excludes halogenated alkanes) is 1. The van der Waals surface area contributed by atoms with Gasteiger partial charge in [-0.05, 0) is 20.3 Å². The van der Waals surface area contributed by atoms with Crippen LogP contribution < -0.4 is 5.73 Å². The van der Waals surface area contributed by atoms with Gasteiger partial charge in [0, 0.05) is 12.6 Å². The van der Waals surface area contributed by atoms with Crippen molar-refractivity contribution >= 4 is 5.91 Å². The van der Waals surface area contributed by atoms with Gasteiger partial charge in [0.25, 0.3) is 0 Å². The third kappa shape index (κ3) is 6.93. The van der Waals surface area contributed by atoms with Crippen LogP contribution in [0.2, 0.25) is 0 Å². The first-order chi connectivity index (χ1) is 8.54. The highest BCUT2D eigenvalue weighted by Crippen LogP contribution is 2.06. The van der Waals surface area contributed by atoms with E-state index in [1.807, 2.05) is 13.8 Å². The molecule has 5 nitrogen and oxygen atoms in total. The van der Waals surface area contributed by atoms with E-state index in [-0.39, 0.29) is 18.6 Å². The van der Waals surface area contributed by atoms with Crippen molar-refractivity contribution in [1.29, 1.82) is 0 Å². The molecule has 1 amide bonds. The molecule has 0 rings (SSSR count). The van der Waals surface area contributed by atoms with Crippen LogP contribution in [-0.2, 0) is 9.53 Å². The van der Waals surface area contributed by atoms with E-state index in [2.05, 4.69) is 6.92 Å². The number of nitrogens with zero attached hydrogens (tertiary/aromatic N) is 1. The maximum Gasteiger partial charge on any atom is 0.239 e. The van der Waals surface area contributed by atoms with Gasteiger partial charge in [-0.3, -0.25) is 4.79 Å². The Morgan fingerprint density at radius 3 is 2.56 bits per heavy atom. The molecule has 108 valence electrons. The summed E-state index contributed by atoms with van der Waals surface area (Å²) in [6, 6.07) is -0.298. The summed E-state index contributed by atoms with van der Waals surface area (Å²) in [7, 11) is 0. The van der Waals surface area contributed by atoms with E-state index >= 15 is 0 Å². The van der Waals surface area contributed by atoms with Crippen molar-refractivity contribution in [3.05, 3.63) is 0 Å². The highest BCUT2D eigenvalue weighted by atomic mass is 16.5. The molecule has 1 unspecified atom stereocenters. The Bertz CT molecular complexity index is 222. The summed E-state index contributed by atoms with van der Waals surface area (Å²) < 4.78 is 5.19. The summed E-state index contributed by atoms with van der Waals surface area (Å²) in [5.74, 6) is -0.00829. The first-order valence-corrected chi connectivity index (χ1v) is 6.79. The molecule has 0 aromatic heterocycles. The van der Waals surface area contributed by atoms with Gasteiger partial charge in [0.15, 0.2) is 0 Å². The van der Waals surface area contributed by atoms with Crippen molar-refractivity contribution in [2.24, 2.45) is 5.73 Å². The van der Waals surface area contributed by atoms with E-state index in [4.69, 9.17) is 15.6 Å². The molecule has 0 aliphatic carbocycles. The number of nitrogens with two attached hydrogens (primary N) is 1. The van der Waals surface area contributed by atoms with E-state index < -0.39 is 6.04 Å². The van der Waals surface area contributed by atoms with Gasteiger partial charge < -0.3 is 20.5 Å². The predicted octanol–water partition coefficient (Wildman–Crippen LogP) is 0.750. The lowest BCUT2D eigenvalue weighted by Crippen LogP contribution is -2.48. The maximum absolute atomic E-state index is 12.2. The highest BCUT2D eigenvalue weighted by molar-refractivity contribution is 5.81. The van der Waals surface area contributed by atoms with Crippen LogP contribution in [0.3, 0.4) is 0 Å². The molecule has 0 saturated carbocycles. The molecule has 0 saturated heterocycles. The number of aliphatic hydroxyl groups excluding tert-OH is 1. The molecule has 0 heterocycles. The predicted molar refractivity (Wildman–Crippen MR) is 72.3 cm³/mol. The number of carbonyl (C=O) groups excluding carboxylic acids is 1. The van der Waals surface area contributed by atoms with Gasteiger partial charge >= 0.3 is 0 Å². The largest absolute Gasteiger partial charge is 0.394 e. The van der Waals surface area contributed by atoms with Crippen molar-refractivity contribution < 1.29 is 14.6 Å². The SMILES string of the molecule is CCCCC(N)C(=O)N(CCOCCO)C(C)C. The third-order valence-electron chi connectivity index (χ3n) is 2.80. The molecule has 5 heteroatoms. The minimum atomic E-state index is -0.412. The molecule has 0 fully saturated rings. The van der Waals surface area contributed by atoms with Crippen LogP contribution in [0, 0.1) is 0 Å². The first kappa shape index (κ1) is 17.4. The summed E-state index contributed by atoms with van der Waals surface area (Å²) in [6.45, 7) is 7.29. The van der Waals surface area contributed by atoms with Crippen LogP contribution in [0.4, 0.5) is 0 Å². The van der Waals surface area contributed by atoms with Crippen molar-refractivity contribution in [3.63, 3.8) is 0 Å². The minimum absolute atomic E-state index is 0.00559. The topological polar surface area (TPSA) is 75.8 Å². The molecule has 0 aliphatic rings. The number of hydrogen-bond donors (Lipinski definition) is 2. The van der Waals surface area contributed by atoms with Crippen LogP contribution in [0.5, 0.6) is 0 Å². The first-order valence-electron chi connectivity index (χ1n) is 6.79. The standard InChI is InChI=1S/C13H28N2O3/c1-4-5-6-12(14)13(17)15(11(2)3)7-9-18-10-8-16/h11-12,16H,4-10,14H2,1-3H3. The summed E-state index contributed by atoms with van der Waals surface area (Å²) in [4.78, 5) is 13.9. The molecule has 0 aromatic carbocycles. The second kappa shape index (κ2) is 10.3. The molecular formula is C13H28N2O3. The Hall–Kier alpha value is -0.650. The molecule has 0 bridgehead atoms. The van der Waals surface area contributed by atoms with Gasteiger partial charge in [-0.25, -0.2) is 0 Å². The summed E-state index contributed by atoms with van der Waals surface area (Å²) in [5.41, 5.74) is 5.90. The van der Waals surface area contributed by atoms with Gasteiger partial charge in [0.1, 0.15) is 0 Å². The average molecular weight is 260 g/mol. The summed E-state index contributed by atoms with van der Waals surface area (Å²) in [5, 5.41) is 8.61. The summed E-state index contributed by atoms with van der Waals surface area (Å²) >= 11 is 0. The second-order valence-corrected chi connectivity index (χ2v) is 4.71. The zero-order valence-electron chi connectivity index (χ0n) is 11.9. The van der Waals surface area contributed by atoms with Gasteiger partial charge in [0.2, 0.25) is 5.91 Å². The fraction of sp³-hybridized carbons (Fsp3) is 0.923. The minimum Gasteiger partial charge on any atom is -0.394 e. The molecular weight excluding hydrogens is 232 g/mol. The number of amides is 1. The smallest absolute Gasteiger partial charge is 0.239 e. The molecule has 0 spiro atoms. The maximum atomic E-state index is 12.2. The molecule has 0 aromatic rings. The zero-order valence-corrected chi connectivity index (χ0v) is 11.9. The zero-order chi connectivity index (χ0) is 14.0. The lowest BCUT2D eigenvalue weighted by atomic mass is 10.1. The fourth-order valence-electron chi connectivity index (χ4n) is 1.71. The van der Waals surface area contributed by atoms with Crippen molar-refractivity contribution in [2.45, 2.75) is 52.1 Å². The Labute approximate surface area is 110 Å². The van der Waals surface area contributed by atoms with Gasteiger partial charge in [-0.15, -0.1) is 0 Å². The second-order valence-electron chi connectivity index (χ2n) is 4.71. The van der Waals surface area contributed by atoms with Crippen molar-refractivity contribution in [2.75, 3.05) is 26.4 Å². The molecule has 3 N–H and O–H groups in total. The van der Waals surface area contributed by atoms with Gasteiger partial charge in [-0.1, -0.05) is 19.8 Å². The molecule has 0 aliphatic heterocycles.